The lowest BCUT2D eigenvalue weighted by atomic mass is 9.76. The van der Waals surface area contributed by atoms with Gasteiger partial charge in [0.2, 0.25) is 0 Å². The van der Waals surface area contributed by atoms with E-state index in [2.05, 4.69) is 42.6 Å². The van der Waals surface area contributed by atoms with Crippen LogP contribution < -0.4 is 5.32 Å². The van der Waals surface area contributed by atoms with Gasteiger partial charge >= 0.3 is 0 Å². The van der Waals surface area contributed by atoms with Crippen LogP contribution in [0.25, 0.3) is 0 Å². The Hall–Kier alpha value is -2.09. The van der Waals surface area contributed by atoms with Gasteiger partial charge < -0.3 is 5.32 Å². The first kappa shape index (κ1) is 13.6. The van der Waals surface area contributed by atoms with Gasteiger partial charge in [0.05, 0.1) is 6.04 Å². The standard InChI is InChI=1S/C20H20FN/c1-2-13-6-4-10-17-16-9-5-11-18(16)20(22-19(13)17)14-7-3-8-15(21)12-14/h3-10,12,16,18,20,22H,2,11H2,1H3/t16-,18+,20-/m1/s1. The van der Waals surface area contributed by atoms with Crippen LogP contribution in [0.2, 0.25) is 0 Å². The quantitative estimate of drug-likeness (QED) is 0.749. The van der Waals surface area contributed by atoms with Crippen molar-refractivity contribution in [1.29, 1.82) is 0 Å². The second-order valence-corrected chi connectivity index (χ2v) is 6.27. The SMILES string of the molecule is CCc1cccc2c1N[C@H](c1cccc(F)c1)[C@H]1CC=C[C@H]21. The molecule has 2 aliphatic rings. The Labute approximate surface area is 130 Å². The second kappa shape index (κ2) is 5.28. The molecule has 4 rings (SSSR count). The lowest BCUT2D eigenvalue weighted by Gasteiger charge is -2.38. The molecule has 2 heteroatoms. The van der Waals surface area contributed by atoms with E-state index in [1.54, 1.807) is 6.07 Å². The number of allylic oxidation sites excluding steroid dienone is 2. The summed E-state index contributed by atoms with van der Waals surface area (Å²) in [7, 11) is 0. The van der Waals surface area contributed by atoms with Gasteiger partial charge in [0.15, 0.2) is 0 Å². The molecule has 1 heterocycles. The summed E-state index contributed by atoms with van der Waals surface area (Å²) in [4.78, 5) is 0. The van der Waals surface area contributed by atoms with E-state index in [4.69, 9.17) is 0 Å². The highest BCUT2D eigenvalue weighted by atomic mass is 19.1. The first-order valence-corrected chi connectivity index (χ1v) is 8.08. The highest BCUT2D eigenvalue weighted by Crippen LogP contribution is 2.50. The van der Waals surface area contributed by atoms with Crippen LogP contribution in [0, 0.1) is 11.7 Å². The van der Waals surface area contributed by atoms with E-state index in [1.807, 2.05) is 12.1 Å². The maximum atomic E-state index is 13.7. The molecule has 0 unspecified atom stereocenters. The molecule has 2 aromatic carbocycles. The summed E-state index contributed by atoms with van der Waals surface area (Å²) in [6, 6.07) is 13.8. The zero-order valence-corrected chi connectivity index (χ0v) is 12.7. The highest BCUT2D eigenvalue weighted by Gasteiger charge is 2.38. The van der Waals surface area contributed by atoms with E-state index in [0.29, 0.717) is 11.8 Å². The van der Waals surface area contributed by atoms with Crippen molar-refractivity contribution in [3.63, 3.8) is 0 Å². The normalized spacial score (nSPS) is 25.5. The molecular weight excluding hydrogens is 273 g/mol. The molecule has 0 saturated heterocycles. The molecule has 112 valence electrons. The lowest BCUT2D eigenvalue weighted by molar-refractivity contribution is 0.423. The van der Waals surface area contributed by atoms with Crippen LogP contribution in [0.3, 0.4) is 0 Å². The summed E-state index contributed by atoms with van der Waals surface area (Å²) in [6.07, 6.45) is 6.66. The van der Waals surface area contributed by atoms with Crippen molar-refractivity contribution in [1.82, 2.24) is 0 Å². The van der Waals surface area contributed by atoms with Gasteiger partial charge in [0.25, 0.3) is 0 Å². The Kier molecular flexibility index (Phi) is 3.25. The smallest absolute Gasteiger partial charge is 0.123 e. The van der Waals surface area contributed by atoms with Gasteiger partial charge in [-0.1, -0.05) is 49.4 Å². The average molecular weight is 293 g/mol. The molecule has 0 saturated carbocycles. The fraction of sp³-hybridized carbons (Fsp3) is 0.300. The molecule has 0 aromatic heterocycles. The molecule has 1 N–H and O–H groups in total. The number of nitrogens with one attached hydrogen (secondary N) is 1. The summed E-state index contributed by atoms with van der Waals surface area (Å²) < 4.78 is 13.7. The third kappa shape index (κ3) is 2.06. The van der Waals surface area contributed by atoms with Crippen LogP contribution in [-0.2, 0) is 6.42 Å². The molecule has 2 aromatic rings. The molecule has 1 nitrogen and oxygen atoms in total. The maximum absolute atomic E-state index is 13.7. The molecule has 3 atom stereocenters. The van der Waals surface area contributed by atoms with E-state index in [-0.39, 0.29) is 11.9 Å². The van der Waals surface area contributed by atoms with Crippen molar-refractivity contribution >= 4 is 5.69 Å². The molecule has 1 aliphatic carbocycles. The number of aryl methyl sites for hydroxylation is 1. The first-order chi connectivity index (χ1) is 10.8. The van der Waals surface area contributed by atoms with Crippen molar-refractivity contribution in [2.45, 2.75) is 31.7 Å². The van der Waals surface area contributed by atoms with Crippen molar-refractivity contribution in [2.75, 3.05) is 5.32 Å². The number of benzene rings is 2. The van der Waals surface area contributed by atoms with E-state index in [0.717, 1.165) is 18.4 Å². The third-order valence-electron chi connectivity index (χ3n) is 5.07. The van der Waals surface area contributed by atoms with E-state index < -0.39 is 0 Å². The number of rotatable bonds is 2. The summed E-state index contributed by atoms with van der Waals surface area (Å²) in [5, 5.41) is 3.72. The molecule has 22 heavy (non-hydrogen) atoms. The minimum Gasteiger partial charge on any atom is -0.377 e. The third-order valence-corrected chi connectivity index (χ3v) is 5.07. The molecule has 1 aliphatic heterocycles. The first-order valence-electron chi connectivity index (χ1n) is 8.08. The largest absolute Gasteiger partial charge is 0.377 e. The number of fused-ring (bicyclic) bond motifs is 3. The number of hydrogen-bond donors (Lipinski definition) is 1. The number of hydrogen-bond acceptors (Lipinski definition) is 1. The fourth-order valence-electron chi connectivity index (χ4n) is 4.01. The van der Waals surface area contributed by atoms with Crippen LogP contribution in [0.4, 0.5) is 10.1 Å². The lowest BCUT2D eigenvalue weighted by Crippen LogP contribution is -2.29. The number of para-hydroxylation sites is 1. The molecule has 0 spiro atoms. The van der Waals surface area contributed by atoms with Gasteiger partial charge in [-0.2, -0.15) is 0 Å². The minimum absolute atomic E-state index is 0.156. The van der Waals surface area contributed by atoms with E-state index in [1.165, 1.54) is 22.9 Å². The van der Waals surface area contributed by atoms with Crippen molar-refractivity contribution in [2.24, 2.45) is 5.92 Å². The van der Waals surface area contributed by atoms with Gasteiger partial charge in [0, 0.05) is 11.6 Å². The van der Waals surface area contributed by atoms with Gasteiger partial charge in [0.1, 0.15) is 5.82 Å². The Bertz CT molecular complexity index is 734. The number of halogens is 1. The summed E-state index contributed by atoms with van der Waals surface area (Å²) in [6.45, 7) is 2.19. The van der Waals surface area contributed by atoms with Gasteiger partial charge in [-0.15, -0.1) is 0 Å². The van der Waals surface area contributed by atoms with E-state index in [9.17, 15) is 4.39 Å². The zero-order valence-electron chi connectivity index (χ0n) is 12.7. The van der Waals surface area contributed by atoms with Crippen molar-refractivity contribution < 1.29 is 4.39 Å². The molecule has 0 bridgehead atoms. The summed E-state index contributed by atoms with van der Waals surface area (Å²) >= 11 is 0. The highest BCUT2D eigenvalue weighted by molar-refractivity contribution is 5.64. The average Bonchev–Trinajstić information content (AvgIpc) is 3.03. The molecule has 0 fully saturated rings. The van der Waals surface area contributed by atoms with E-state index >= 15 is 0 Å². The zero-order chi connectivity index (χ0) is 15.1. The van der Waals surface area contributed by atoms with Crippen molar-refractivity contribution in [3.05, 3.63) is 77.1 Å². The van der Waals surface area contributed by atoms with Gasteiger partial charge in [-0.05, 0) is 47.6 Å². The molecule has 0 radical (unpaired) electrons. The topological polar surface area (TPSA) is 12.0 Å². The van der Waals surface area contributed by atoms with Gasteiger partial charge in [-0.25, -0.2) is 4.39 Å². The van der Waals surface area contributed by atoms with Gasteiger partial charge in [-0.3, -0.25) is 0 Å². The Balaban J connectivity index is 1.83. The van der Waals surface area contributed by atoms with Crippen molar-refractivity contribution in [3.8, 4) is 0 Å². The molecule has 0 amide bonds. The van der Waals surface area contributed by atoms with Crippen LogP contribution in [0.15, 0.2) is 54.6 Å². The molecular formula is C20H20FN. The number of anilines is 1. The summed E-state index contributed by atoms with van der Waals surface area (Å²) in [5.41, 5.74) is 5.05. The summed E-state index contributed by atoms with van der Waals surface area (Å²) in [5.74, 6) is 0.758. The Morgan fingerprint density at radius 2 is 2.05 bits per heavy atom. The van der Waals surface area contributed by atoms with Crippen LogP contribution >= 0.6 is 0 Å². The predicted octanol–water partition coefficient (Wildman–Crippen LogP) is 5.21. The fourth-order valence-corrected chi connectivity index (χ4v) is 4.01. The second-order valence-electron chi connectivity index (χ2n) is 6.27. The minimum atomic E-state index is -0.156. The Morgan fingerprint density at radius 3 is 2.86 bits per heavy atom. The predicted molar refractivity (Wildman–Crippen MR) is 88.6 cm³/mol. The van der Waals surface area contributed by atoms with Crippen LogP contribution in [0.5, 0.6) is 0 Å². The Morgan fingerprint density at radius 1 is 1.18 bits per heavy atom. The van der Waals surface area contributed by atoms with Crippen LogP contribution in [-0.4, -0.2) is 0 Å². The van der Waals surface area contributed by atoms with Crippen LogP contribution in [0.1, 0.15) is 42.0 Å². The maximum Gasteiger partial charge on any atom is 0.123 e. The monoisotopic (exact) mass is 293 g/mol.